The molecule has 2 heteroatoms. The van der Waals surface area contributed by atoms with E-state index in [0.717, 1.165) is 5.56 Å². The van der Waals surface area contributed by atoms with Gasteiger partial charge in [-0.15, -0.1) is 0 Å². The molecule has 0 aliphatic heterocycles. The summed E-state index contributed by atoms with van der Waals surface area (Å²) in [5.74, 6) is 0.628. The first-order chi connectivity index (χ1) is 5.40. The Morgan fingerprint density at radius 1 is 1.50 bits per heavy atom. The second-order valence-electron chi connectivity index (χ2n) is 2.82. The molecule has 1 saturated carbocycles. The molecule has 54 valence electrons. The normalized spacial score (nSPS) is 19.1. The zero-order valence-corrected chi connectivity index (χ0v) is 10.2. The molecule has 1 aliphatic carbocycles. The maximum Gasteiger partial charge on any atom is 1.00 e. The third-order valence-corrected chi connectivity index (χ3v) is 1.92. The predicted octanol–water partition coefficient (Wildman–Crippen LogP) is -0.746. The van der Waals surface area contributed by atoms with Crippen molar-refractivity contribution in [2.45, 2.75) is 12.3 Å². The first kappa shape index (κ1) is 10.4. The fraction of sp³-hybridized carbons (Fsp3) is 0.200. The Morgan fingerprint density at radius 2 is 2.25 bits per heavy atom. The van der Waals surface area contributed by atoms with E-state index in [1.165, 1.54) is 12.0 Å². The molecule has 1 aliphatic rings. The largest absolute Gasteiger partial charge is 1.00 e. The Bertz CT molecular complexity index is 310. The van der Waals surface area contributed by atoms with Gasteiger partial charge in [0.1, 0.15) is 0 Å². The van der Waals surface area contributed by atoms with Crippen LogP contribution in [0.15, 0.2) is 24.3 Å². The third kappa shape index (κ3) is 2.41. The Kier molecular flexibility index (Phi) is 3.95. The third-order valence-electron chi connectivity index (χ3n) is 1.92. The molecule has 0 bridgehead atoms. The minimum Gasteiger partial charge on any atom is -0.325 e. The fourth-order valence-electron chi connectivity index (χ4n) is 1.18. The van der Waals surface area contributed by atoms with Crippen molar-refractivity contribution < 1.29 is 51.4 Å². The molecule has 1 atom stereocenters. The Morgan fingerprint density at radius 3 is 2.83 bits per heavy atom. The second kappa shape index (κ2) is 4.55. The summed E-state index contributed by atoms with van der Waals surface area (Å²) >= 11 is 0. The van der Waals surface area contributed by atoms with E-state index in [-0.39, 0.29) is 51.4 Å². The van der Waals surface area contributed by atoms with Gasteiger partial charge in [-0.05, 0) is 12.1 Å². The molecule has 1 nitrogen and oxygen atoms in total. The van der Waals surface area contributed by atoms with Gasteiger partial charge in [-0.1, -0.05) is 17.7 Å². The maximum atomic E-state index is 8.60. The molecule has 0 spiro atoms. The monoisotopic (exact) mass is 181 g/mol. The Labute approximate surface area is 115 Å². The summed E-state index contributed by atoms with van der Waals surface area (Å²) in [5, 5.41) is 8.60. The van der Waals surface area contributed by atoms with E-state index in [2.05, 4.69) is 18.6 Å². The SMILES string of the molecule is N#Cc1cccc([C@@H]2[CH-]C2)c1.[K+]. The first-order valence-electron chi connectivity index (χ1n) is 3.73. The average Bonchev–Trinajstić information content (AvgIpc) is 2.87. The van der Waals surface area contributed by atoms with Crippen LogP contribution in [0.1, 0.15) is 23.5 Å². The molecule has 0 N–H and O–H groups in total. The van der Waals surface area contributed by atoms with E-state index in [1.807, 2.05) is 18.2 Å². The topological polar surface area (TPSA) is 23.8 Å². The van der Waals surface area contributed by atoms with Crippen LogP contribution in [-0.4, -0.2) is 0 Å². The van der Waals surface area contributed by atoms with Gasteiger partial charge in [0.2, 0.25) is 0 Å². The summed E-state index contributed by atoms with van der Waals surface area (Å²) in [6, 6.07) is 9.96. The summed E-state index contributed by atoms with van der Waals surface area (Å²) in [6.45, 7) is 0. The van der Waals surface area contributed by atoms with Crippen LogP contribution in [0.2, 0.25) is 0 Å². The van der Waals surface area contributed by atoms with Crippen LogP contribution in [0.5, 0.6) is 0 Å². The van der Waals surface area contributed by atoms with Crippen molar-refractivity contribution in [1.29, 1.82) is 5.26 Å². The van der Waals surface area contributed by atoms with Crippen LogP contribution < -0.4 is 51.4 Å². The zero-order valence-electron chi connectivity index (χ0n) is 7.12. The van der Waals surface area contributed by atoms with Crippen molar-refractivity contribution in [2.24, 2.45) is 0 Å². The number of hydrogen-bond acceptors (Lipinski definition) is 1. The molecule has 0 heterocycles. The van der Waals surface area contributed by atoms with Crippen molar-refractivity contribution in [3.05, 3.63) is 41.8 Å². The minimum atomic E-state index is 0. The number of rotatable bonds is 1. The van der Waals surface area contributed by atoms with Crippen molar-refractivity contribution in [1.82, 2.24) is 0 Å². The van der Waals surface area contributed by atoms with E-state index in [4.69, 9.17) is 5.26 Å². The predicted molar refractivity (Wildman–Crippen MR) is 42.8 cm³/mol. The number of nitriles is 1. The molecule has 0 amide bonds. The molecule has 2 rings (SSSR count). The van der Waals surface area contributed by atoms with Gasteiger partial charge in [0, 0.05) is 0 Å². The van der Waals surface area contributed by atoms with Crippen LogP contribution in [0.4, 0.5) is 0 Å². The molecule has 0 aromatic heterocycles. The van der Waals surface area contributed by atoms with Crippen molar-refractivity contribution in [3.63, 3.8) is 0 Å². The molecule has 0 saturated heterocycles. The molecule has 1 aromatic carbocycles. The molecule has 1 fully saturated rings. The van der Waals surface area contributed by atoms with Gasteiger partial charge in [-0.3, -0.25) is 0 Å². The summed E-state index contributed by atoms with van der Waals surface area (Å²) < 4.78 is 0. The van der Waals surface area contributed by atoms with Crippen LogP contribution in [-0.2, 0) is 0 Å². The fourth-order valence-corrected chi connectivity index (χ4v) is 1.18. The molecule has 0 unspecified atom stereocenters. The van der Waals surface area contributed by atoms with Crippen molar-refractivity contribution in [3.8, 4) is 6.07 Å². The van der Waals surface area contributed by atoms with Gasteiger partial charge >= 0.3 is 51.4 Å². The van der Waals surface area contributed by atoms with Gasteiger partial charge in [-0.25, -0.2) is 0 Å². The molecule has 12 heavy (non-hydrogen) atoms. The standard InChI is InChI=1S/C10H8N.K/c11-7-8-2-1-3-10(6-8)9-4-5-9;/h1-4,6,9H,5H2;/q-1;+1/t9-;/m1./s1. The summed E-state index contributed by atoms with van der Waals surface area (Å²) in [4.78, 5) is 0. The molecule has 1 aromatic rings. The molecule has 0 radical (unpaired) electrons. The zero-order chi connectivity index (χ0) is 7.68. The van der Waals surface area contributed by atoms with E-state index in [1.54, 1.807) is 0 Å². The van der Waals surface area contributed by atoms with Crippen LogP contribution in [0, 0.1) is 17.8 Å². The van der Waals surface area contributed by atoms with Gasteiger partial charge in [-0.2, -0.15) is 17.6 Å². The first-order valence-corrected chi connectivity index (χ1v) is 3.73. The summed E-state index contributed by atoms with van der Waals surface area (Å²) in [6.07, 6.45) is 3.42. The van der Waals surface area contributed by atoms with Crippen molar-refractivity contribution in [2.75, 3.05) is 0 Å². The van der Waals surface area contributed by atoms with E-state index in [0.29, 0.717) is 5.92 Å². The van der Waals surface area contributed by atoms with Crippen LogP contribution >= 0.6 is 0 Å². The van der Waals surface area contributed by atoms with E-state index < -0.39 is 0 Å². The smallest absolute Gasteiger partial charge is 0.325 e. The average molecular weight is 181 g/mol. The summed E-state index contributed by atoms with van der Waals surface area (Å²) in [7, 11) is 0. The van der Waals surface area contributed by atoms with Gasteiger partial charge < -0.3 is 6.42 Å². The number of nitrogens with zero attached hydrogens (tertiary/aromatic N) is 1. The van der Waals surface area contributed by atoms with E-state index in [9.17, 15) is 0 Å². The summed E-state index contributed by atoms with van der Waals surface area (Å²) in [5.41, 5.74) is 2.05. The van der Waals surface area contributed by atoms with Gasteiger partial charge in [0.15, 0.2) is 0 Å². The minimum absolute atomic E-state index is 0. The Hall–Kier alpha value is 0.346. The maximum absolute atomic E-state index is 8.60. The van der Waals surface area contributed by atoms with E-state index >= 15 is 0 Å². The molecular formula is C10H8KN. The quantitative estimate of drug-likeness (QED) is 0.413. The van der Waals surface area contributed by atoms with Gasteiger partial charge in [0.05, 0.1) is 11.6 Å². The number of benzene rings is 1. The second-order valence-corrected chi connectivity index (χ2v) is 2.82. The number of hydrogen-bond donors (Lipinski definition) is 0. The molecular weight excluding hydrogens is 173 g/mol. The van der Waals surface area contributed by atoms with Crippen LogP contribution in [0.25, 0.3) is 0 Å². The Balaban J connectivity index is 0.000000720. The van der Waals surface area contributed by atoms with Crippen molar-refractivity contribution >= 4 is 0 Å². The van der Waals surface area contributed by atoms with Crippen LogP contribution in [0.3, 0.4) is 0 Å². The van der Waals surface area contributed by atoms with Gasteiger partial charge in [0.25, 0.3) is 0 Å².